The SMILES string of the molecule is Cc1ccc(C)c(C(C)OC(=O)c2cc(Cl)cc(Cl)c2-n2c(C)ccc2C)c1-c1cc(=O)c2cc(Cl)cc(Cl)c2[nH]1. The van der Waals surface area contributed by atoms with Gasteiger partial charge in [0.1, 0.15) is 6.10 Å². The third-order valence-electron chi connectivity index (χ3n) is 7.23. The fourth-order valence-corrected chi connectivity index (χ4v) is 6.49. The van der Waals surface area contributed by atoms with Crippen LogP contribution in [0.2, 0.25) is 20.1 Å². The van der Waals surface area contributed by atoms with Gasteiger partial charge in [-0.25, -0.2) is 4.79 Å². The number of benzene rings is 3. The predicted octanol–water partition coefficient (Wildman–Crippen LogP) is 9.75. The van der Waals surface area contributed by atoms with Crippen molar-refractivity contribution < 1.29 is 9.53 Å². The highest BCUT2D eigenvalue weighted by atomic mass is 35.5. The molecule has 3 aromatic carbocycles. The Labute approximate surface area is 257 Å². The molecule has 0 spiro atoms. The van der Waals surface area contributed by atoms with E-state index < -0.39 is 12.1 Å². The molecule has 1 N–H and O–H groups in total. The summed E-state index contributed by atoms with van der Waals surface area (Å²) in [6.07, 6.45) is -0.699. The van der Waals surface area contributed by atoms with Crippen molar-refractivity contribution in [3.8, 4) is 16.9 Å². The van der Waals surface area contributed by atoms with Crippen LogP contribution in [0.25, 0.3) is 27.8 Å². The molecule has 0 radical (unpaired) electrons. The fourth-order valence-electron chi connectivity index (χ4n) is 5.38. The molecule has 0 bridgehead atoms. The molecule has 5 rings (SSSR count). The minimum Gasteiger partial charge on any atom is -0.454 e. The van der Waals surface area contributed by atoms with Gasteiger partial charge in [0.25, 0.3) is 0 Å². The van der Waals surface area contributed by atoms with E-state index in [4.69, 9.17) is 51.1 Å². The number of hydrogen-bond acceptors (Lipinski definition) is 3. The molecular formula is C32H26Cl4N2O3. The van der Waals surface area contributed by atoms with Gasteiger partial charge < -0.3 is 14.3 Å². The molecule has 1 unspecified atom stereocenters. The monoisotopic (exact) mass is 626 g/mol. The van der Waals surface area contributed by atoms with Crippen molar-refractivity contribution in [1.29, 1.82) is 0 Å². The molecule has 0 aliphatic heterocycles. The third kappa shape index (κ3) is 5.40. The van der Waals surface area contributed by atoms with Gasteiger partial charge in [-0.2, -0.15) is 0 Å². The summed E-state index contributed by atoms with van der Waals surface area (Å²) >= 11 is 25.6. The number of hydrogen-bond donors (Lipinski definition) is 1. The average molecular weight is 628 g/mol. The van der Waals surface area contributed by atoms with Gasteiger partial charge in [0.15, 0.2) is 5.43 Å². The maximum absolute atomic E-state index is 13.8. The number of carbonyl (C=O) groups excluding carboxylic acids is 1. The van der Waals surface area contributed by atoms with Crippen LogP contribution in [-0.4, -0.2) is 15.5 Å². The zero-order chi connectivity index (χ0) is 29.7. The number of fused-ring (bicyclic) bond motifs is 1. The van der Waals surface area contributed by atoms with Crippen molar-refractivity contribution in [3.63, 3.8) is 0 Å². The van der Waals surface area contributed by atoms with Gasteiger partial charge in [-0.1, -0.05) is 58.5 Å². The molecular weight excluding hydrogens is 602 g/mol. The minimum atomic E-state index is -0.699. The van der Waals surface area contributed by atoms with Crippen LogP contribution in [0.15, 0.2) is 59.4 Å². The lowest BCUT2D eigenvalue weighted by atomic mass is 9.91. The van der Waals surface area contributed by atoms with E-state index in [-0.39, 0.29) is 11.0 Å². The number of aryl methyl sites for hydroxylation is 4. The molecule has 0 saturated heterocycles. The highest BCUT2D eigenvalue weighted by Crippen LogP contribution is 2.38. The van der Waals surface area contributed by atoms with Crippen LogP contribution < -0.4 is 5.43 Å². The van der Waals surface area contributed by atoms with E-state index in [2.05, 4.69) is 4.98 Å². The van der Waals surface area contributed by atoms with Crippen LogP contribution in [-0.2, 0) is 4.74 Å². The Balaban J connectivity index is 1.62. The molecule has 0 amide bonds. The van der Waals surface area contributed by atoms with Crippen LogP contribution in [0.5, 0.6) is 0 Å². The minimum absolute atomic E-state index is 0.231. The molecule has 0 saturated carbocycles. The molecule has 5 aromatic rings. The maximum atomic E-state index is 13.8. The summed E-state index contributed by atoms with van der Waals surface area (Å²) in [5, 5.41) is 1.74. The summed E-state index contributed by atoms with van der Waals surface area (Å²) < 4.78 is 8.00. The summed E-state index contributed by atoms with van der Waals surface area (Å²) in [4.78, 5) is 30.2. The molecule has 0 aliphatic rings. The number of nitrogens with one attached hydrogen (secondary N) is 1. The summed E-state index contributed by atoms with van der Waals surface area (Å²) in [7, 11) is 0. The Morgan fingerprint density at radius 2 is 1.44 bits per heavy atom. The van der Waals surface area contributed by atoms with Gasteiger partial charge in [0.05, 0.1) is 32.5 Å². The first-order chi connectivity index (χ1) is 19.4. The number of esters is 1. The van der Waals surface area contributed by atoms with Gasteiger partial charge in [-0.3, -0.25) is 4.79 Å². The number of pyridine rings is 1. The number of ether oxygens (including phenoxy) is 1. The van der Waals surface area contributed by atoms with Crippen molar-refractivity contribution in [2.45, 2.75) is 40.7 Å². The lowest BCUT2D eigenvalue weighted by Crippen LogP contribution is -2.16. The lowest BCUT2D eigenvalue weighted by molar-refractivity contribution is 0.0338. The number of H-pyrrole nitrogens is 1. The van der Waals surface area contributed by atoms with Gasteiger partial charge >= 0.3 is 5.97 Å². The third-order valence-corrected chi connectivity index (χ3v) is 8.25. The van der Waals surface area contributed by atoms with Crippen molar-refractivity contribution in [2.24, 2.45) is 0 Å². The van der Waals surface area contributed by atoms with Crippen molar-refractivity contribution in [2.75, 3.05) is 0 Å². The molecule has 5 nitrogen and oxygen atoms in total. The number of rotatable bonds is 5. The standard InChI is InChI=1S/C32H26Cl4N2O3/c1-15-6-7-16(2)29(26-14-27(39)22-10-20(33)12-24(35)30(22)37-26)28(15)19(5)41-32(40)23-11-21(34)13-25(36)31(23)38-17(3)8-9-18(38)4/h6-14,19H,1-5H3,(H,37,39). The highest BCUT2D eigenvalue weighted by Gasteiger charge is 2.26. The van der Waals surface area contributed by atoms with E-state index in [0.29, 0.717) is 42.4 Å². The predicted molar refractivity (Wildman–Crippen MR) is 169 cm³/mol. The molecule has 210 valence electrons. The topological polar surface area (TPSA) is 64.1 Å². The van der Waals surface area contributed by atoms with Gasteiger partial charge in [-0.05, 0) is 82.1 Å². The Morgan fingerprint density at radius 3 is 2.12 bits per heavy atom. The van der Waals surface area contributed by atoms with Crippen LogP contribution >= 0.6 is 46.4 Å². The summed E-state index contributed by atoms with van der Waals surface area (Å²) in [5.74, 6) is -0.582. The normalized spacial score (nSPS) is 12.1. The molecule has 1 atom stereocenters. The second-order valence-corrected chi connectivity index (χ2v) is 11.8. The van der Waals surface area contributed by atoms with Crippen molar-refractivity contribution in [1.82, 2.24) is 9.55 Å². The number of halogens is 4. The molecule has 2 heterocycles. The lowest BCUT2D eigenvalue weighted by Gasteiger charge is -2.23. The average Bonchev–Trinajstić information content (AvgIpc) is 3.22. The summed E-state index contributed by atoms with van der Waals surface area (Å²) in [6.45, 7) is 9.53. The second-order valence-electron chi connectivity index (χ2n) is 10.1. The highest BCUT2D eigenvalue weighted by molar-refractivity contribution is 6.38. The van der Waals surface area contributed by atoms with E-state index in [1.807, 2.05) is 56.5 Å². The molecule has 0 fully saturated rings. The van der Waals surface area contributed by atoms with Crippen LogP contribution in [0.1, 0.15) is 51.5 Å². The maximum Gasteiger partial charge on any atom is 0.340 e. The Bertz CT molecular complexity index is 1900. The number of carbonyl (C=O) groups is 1. The quantitative estimate of drug-likeness (QED) is 0.197. The van der Waals surface area contributed by atoms with E-state index in [1.165, 1.54) is 6.07 Å². The van der Waals surface area contributed by atoms with Gasteiger partial charge in [-0.15, -0.1) is 0 Å². The van der Waals surface area contributed by atoms with Crippen molar-refractivity contribution >= 4 is 63.3 Å². The Kier molecular flexibility index (Phi) is 8.01. The van der Waals surface area contributed by atoms with Crippen molar-refractivity contribution in [3.05, 3.63) is 119 Å². The Morgan fingerprint density at radius 1 is 0.829 bits per heavy atom. The first-order valence-corrected chi connectivity index (χ1v) is 14.4. The first kappa shape index (κ1) is 29.3. The molecule has 2 aromatic heterocycles. The van der Waals surface area contributed by atoms with E-state index in [9.17, 15) is 9.59 Å². The smallest absolute Gasteiger partial charge is 0.340 e. The zero-order valence-corrected chi connectivity index (χ0v) is 26.0. The zero-order valence-electron chi connectivity index (χ0n) is 23.0. The van der Waals surface area contributed by atoms with Crippen LogP contribution in [0.4, 0.5) is 0 Å². The first-order valence-electron chi connectivity index (χ1n) is 12.8. The van der Waals surface area contributed by atoms with Crippen LogP contribution in [0.3, 0.4) is 0 Å². The molecule has 0 aliphatic carbocycles. The Hall–Kier alpha value is -3.22. The molecule has 41 heavy (non-hydrogen) atoms. The summed E-state index contributed by atoms with van der Waals surface area (Å²) in [6, 6.07) is 15.7. The van der Waals surface area contributed by atoms with E-state index in [1.54, 1.807) is 31.2 Å². The largest absolute Gasteiger partial charge is 0.454 e. The molecule has 9 heteroatoms. The summed E-state index contributed by atoms with van der Waals surface area (Å²) in [5.41, 5.74) is 6.63. The van der Waals surface area contributed by atoms with Gasteiger partial charge in [0.2, 0.25) is 0 Å². The second kappa shape index (κ2) is 11.2. The van der Waals surface area contributed by atoms with E-state index >= 15 is 0 Å². The number of nitrogens with zero attached hydrogens (tertiary/aromatic N) is 1. The van der Waals surface area contributed by atoms with E-state index in [0.717, 1.165) is 33.6 Å². The number of aromatic amines is 1. The number of aromatic nitrogens is 2. The fraction of sp³-hybridized carbons (Fsp3) is 0.188. The van der Waals surface area contributed by atoms with Gasteiger partial charge in [0, 0.05) is 44.0 Å². The van der Waals surface area contributed by atoms with Crippen LogP contribution in [0, 0.1) is 27.7 Å².